The molecule has 5 heteroatoms. The van der Waals surface area contributed by atoms with Crippen LogP contribution in [0.1, 0.15) is 11.1 Å². The number of ether oxygens (including phenoxy) is 1. The van der Waals surface area contributed by atoms with E-state index in [0.717, 1.165) is 22.2 Å². The number of nitrogens with zero attached hydrogens (tertiary/aromatic N) is 2. The first kappa shape index (κ1) is 12.1. The van der Waals surface area contributed by atoms with Gasteiger partial charge in [0.2, 0.25) is 0 Å². The largest absolute Gasteiger partial charge is 0.489 e. The van der Waals surface area contributed by atoms with Crippen molar-refractivity contribution in [3.8, 4) is 11.8 Å². The molecule has 1 heterocycles. The SMILES string of the molecule is N#Cc1cccc(COc2ccc3c(N)n[nH]c3c2)c1. The fraction of sp³-hybridized carbons (Fsp3) is 0.0667. The standard InChI is InChI=1S/C15H12N4O/c16-8-10-2-1-3-11(6-10)9-20-12-4-5-13-14(7-12)18-19-15(13)17/h1-7H,9H2,(H3,17,18,19). The van der Waals surface area contributed by atoms with Gasteiger partial charge in [0.1, 0.15) is 12.4 Å². The van der Waals surface area contributed by atoms with Gasteiger partial charge in [-0.2, -0.15) is 10.4 Å². The molecule has 3 aromatic rings. The van der Waals surface area contributed by atoms with Gasteiger partial charge in [-0.1, -0.05) is 12.1 Å². The van der Waals surface area contributed by atoms with E-state index < -0.39 is 0 Å². The summed E-state index contributed by atoms with van der Waals surface area (Å²) >= 11 is 0. The molecule has 0 saturated heterocycles. The predicted octanol–water partition coefficient (Wildman–Crippen LogP) is 2.60. The van der Waals surface area contributed by atoms with Crippen molar-refractivity contribution in [2.45, 2.75) is 6.61 Å². The lowest BCUT2D eigenvalue weighted by Crippen LogP contribution is -1.95. The van der Waals surface area contributed by atoms with Gasteiger partial charge in [0.05, 0.1) is 17.1 Å². The second kappa shape index (κ2) is 4.94. The van der Waals surface area contributed by atoms with E-state index in [1.807, 2.05) is 36.4 Å². The van der Waals surface area contributed by atoms with E-state index >= 15 is 0 Å². The highest BCUT2D eigenvalue weighted by Gasteiger charge is 2.04. The molecule has 0 spiro atoms. The minimum absolute atomic E-state index is 0.407. The number of hydrogen-bond donors (Lipinski definition) is 2. The van der Waals surface area contributed by atoms with Crippen molar-refractivity contribution in [3.05, 3.63) is 53.6 Å². The van der Waals surface area contributed by atoms with E-state index in [4.69, 9.17) is 15.7 Å². The van der Waals surface area contributed by atoms with Gasteiger partial charge < -0.3 is 10.5 Å². The molecule has 0 aliphatic rings. The van der Waals surface area contributed by atoms with Crippen LogP contribution in [0.15, 0.2) is 42.5 Å². The first-order valence-electron chi connectivity index (χ1n) is 6.12. The molecule has 0 fully saturated rings. The minimum Gasteiger partial charge on any atom is -0.489 e. The molecule has 0 bridgehead atoms. The van der Waals surface area contributed by atoms with Crippen LogP contribution in [0.5, 0.6) is 5.75 Å². The number of nitrogens with two attached hydrogens (primary N) is 1. The molecule has 0 aliphatic carbocycles. The van der Waals surface area contributed by atoms with Gasteiger partial charge in [0.15, 0.2) is 5.82 Å². The zero-order valence-corrected chi connectivity index (χ0v) is 10.6. The maximum atomic E-state index is 8.85. The molecule has 0 aliphatic heterocycles. The summed E-state index contributed by atoms with van der Waals surface area (Å²) in [7, 11) is 0. The second-order valence-electron chi connectivity index (χ2n) is 4.42. The van der Waals surface area contributed by atoms with Gasteiger partial charge in [-0.05, 0) is 29.8 Å². The summed E-state index contributed by atoms with van der Waals surface area (Å²) in [5, 5.41) is 16.5. The van der Waals surface area contributed by atoms with Crippen molar-refractivity contribution in [1.29, 1.82) is 5.26 Å². The molecule has 3 rings (SSSR count). The average Bonchev–Trinajstić information content (AvgIpc) is 2.86. The summed E-state index contributed by atoms with van der Waals surface area (Å²) in [5.74, 6) is 1.21. The highest BCUT2D eigenvalue weighted by molar-refractivity contribution is 5.89. The van der Waals surface area contributed by atoms with Gasteiger partial charge in [0.25, 0.3) is 0 Å². The zero-order chi connectivity index (χ0) is 13.9. The highest BCUT2D eigenvalue weighted by Crippen LogP contribution is 2.23. The number of hydrogen-bond acceptors (Lipinski definition) is 4. The third-order valence-corrected chi connectivity index (χ3v) is 3.03. The third kappa shape index (κ3) is 2.27. The Labute approximate surface area is 115 Å². The molecule has 0 amide bonds. The van der Waals surface area contributed by atoms with Gasteiger partial charge in [-0.25, -0.2) is 0 Å². The molecule has 3 N–H and O–H groups in total. The Kier molecular flexibility index (Phi) is 2.98. The molecule has 1 aromatic heterocycles. The Bertz CT molecular complexity index is 801. The van der Waals surface area contributed by atoms with E-state index in [1.165, 1.54) is 0 Å². The van der Waals surface area contributed by atoms with Crippen LogP contribution in [-0.4, -0.2) is 10.2 Å². The molecule has 0 saturated carbocycles. The summed E-state index contributed by atoms with van der Waals surface area (Å²) in [5.41, 5.74) is 8.13. The predicted molar refractivity (Wildman–Crippen MR) is 76.0 cm³/mol. The van der Waals surface area contributed by atoms with Crippen molar-refractivity contribution >= 4 is 16.7 Å². The molecule has 0 unspecified atom stereocenters. The van der Waals surface area contributed by atoms with Crippen LogP contribution >= 0.6 is 0 Å². The van der Waals surface area contributed by atoms with Crippen LogP contribution in [0.25, 0.3) is 10.9 Å². The molecule has 20 heavy (non-hydrogen) atoms. The van der Waals surface area contributed by atoms with Crippen molar-refractivity contribution in [2.24, 2.45) is 0 Å². The molecule has 2 aromatic carbocycles. The van der Waals surface area contributed by atoms with E-state index in [9.17, 15) is 0 Å². The fourth-order valence-corrected chi connectivity index (χ4v) is 2.01. The summed E-state index contributed by atoms with van der Waals surface area (Å²) in [6.07, 6.45) is 0. The third-order valence-electron chi connectivity index (χ3n) is 3.03. The summed E-state index contributed by atoms with van der Waals surface area (Å²) in [6.45, 7) is 0.407. The number of nitriles is 1. The second-order valence-corrected chi connectivity index (χ2v) is 4.42. The monoisotopic (exact) mass is 264 g/mol. The lowest BCUT2D eigenvalue weighted by Gasteiger charge is -2.06. The Balaban J connectivity index is 1.78. The summed E-state index contributed by atoms with van der Waals surface area (Å²) < 4.78 is 5.71. The molecular weight excluding hydrogens is 252 g/mol. The number of fused-ring (bicyclic) bond motifs is 1. The lowest BCUT2D eigenvalue weighted by atomic mass is 10.1. The van der Waals surface area contributed by atoms with Crippen LogP contribution < -0.4 is 10.5 Å². The quantitative estimate of drug-likeness (QED) is 0.761. The minimum atomic E-state index is 0.407. The molecule has 0 atom stereocenters. The molecular formula is C15H12N4O. The lowest BCUT2D eigenvalue weighted by molar-refractivity contribution is 0.306. The van der Waals surface area contributed by atoms with Crippen LogP contribution in [0.2, 0.25) is 0 Å². The fourth-order valence-electron chi connectivity index (χ4n) is 2.01. The highest BCUT2D eigenvalue weighted by atomic mass is 16.5. The number of aromatic amines is 1. The van der Waals surface area contributed by atoms with Crippen molar-refractivity contribution < 1.29 is 4.74 Å². The normalized spacial score (nSPS) is 10.3. The van der Waals surface area contributed by atoms with E-state index in [-0.39, 0.29) is 0 Å². The first-order valence-corrected chi connectivity index (χ1v) is 6.12. The first-order chi connectivity index (χ1) is 9.76. The number of H-pyrrole nitrogens is 1. The van der Waals surface area contributed by atoms with E-state index in [2.05, 4.69) is 16.3 Å². The Morgan fingerprint density at radius 1 is 1.25 bits per heavy atom. The van der Waals surface area contributed by atoms with Gasteiger partial charge >= 0.3 is 0 Å². The van der Waals surface area contributed by atoms with Gasteiger partial charge in [-0.3, -0.25) is 5.10 Å². The maximum Gasteiger partial charge on any atom is 0.153 e. The number of benzene rings is 2. The maximum absolute atomic E-state index is 8.85. The zero-order valence-electron chi connectivity index (χ0n) is 10.6. The van der Waals surface area contributed by atoms with Crippen LogP contribution in [0.3, 0.4) is 0 Å². The van der Waals surface area contributed by atoms with Crippen molar-refractivity contribution in [1.82, 2.24) is 10.2 Å². The summed E-state index contributed by atoms with van der Waals surface area (Å²) in [6, 6.07) is 15.0. The Morgan fingerprint density at radius 3 is 3.00 bits per heavy atom. The van der Waals surface area contributed by atoms with E-state index in [0.29, 0.717) is 18.0 Å². The van der Waals surface area contributed by atoms with Crippen molar-refractivity contribution in [2.75, 3.05) is 5.73 Å². The van der Waals surface area contributed by atoms with Gasteiger partial charge in [-0.15, -0.1) is 0 Å². The number of nitrogen functional groups attached to an aromatic ring is 1. The van der Waals surface area contributed by atoms with Gasteiger partial charge in [0, 0.05) is 11.5 Å². The number of nitrogens with one attached hydrogen (secondary N) is 1. The number of rotatable bonds is 3. The smallest absolute Gasteiger partial charge is 0.153 e. The average molecular weight is 264 g/mol. The topological polar surface area (TPSA) is 87.7 Å². The Hall–Kier alpha value is -3.00. The van der Waals surface area contributed by atoms with Crippen LogP contribution in [-0.2, 0) is 6.61 Å². The van der Waals surface area contributed by atoms with E-state index in [1.54, 1.807) is 6.07 Å². The van der Waals surface area contributed by atoms with Crippen molar-refractivity contribution in [3.63, 3.8) is 0 Å². The molecule has 98 valence electrons. The van der Waals surface area contributed by atoms with Crippen LogP contribution in [0, 0.1) is 11.3 Å². The molecule has 0 radical (unpaired) electrons. The summed E-state index contributed by atoms with van der Waals surface area (Å²) in [4.78, 5) is 0. The number of aromatic nitrogens is 2. The number of anilines is 1. The molecule has 5 nitrogen and oxygen atoms in total. The van der Waals surface area contributed by atoms with Crippen LogP contribution in [0.4, 0.5) is 5.82 Å². The Morgan fingerprint density at radius 2 is 2.15 bits per heavy atom.